The second kappa shape index (κ2) is 10.5. The SMILES string of the molecule is CN=C(NCCc1cn2ccccc2n1)NCc1ccccc1OCC1CC1.I. The van der Waals surface area contributed by atoms with Gasteiger partial charge in [0.1, 0.15) is 11.4 Å². The predicted molar refractivity (Wildman–Crippen MR) is 127 cm³/mol. The summed E-state index contributed by atoms with van der Waals surface area (Å²) in [6.07, 6.45) is 7.51. The van der Waals surface area contributed by atoms with E-state index in [1.165, 1.54) is 12.8 Å². The van der Waals surface area contributed by atoms with Crippen LogP contribution < -0.4 is 15.4 Å². The number of nitrogens with zero attached hydrogens (tertiary/aromatic N) is 3. The summed E-state index contributed by atoms with van der Waals surface area (Å²) >= 11 is 0. The molecule has 1 fully saturated rings. The van der Waals surface area contributed by atoms with Gasteiger partial charge >= 0.3 is 0 Å². The largest absolute Gasteiger partial charge is 0.493 e. The zero-order chi connectivity index (χ0) is 19.2. The van der Waals surface area contributed by atoms with Gasteiger partial charge < -0.3 is 19.8 Å². The van der Waals surface area contributed by atoms with E-state index in [9.17, 15) is 0 Å². The Labute approximate surface area is 188 Å². The Kier molecular flexibility index (Phi) is 7.74. The number of ether oxygens (including phenoxy) is 1. The van der Waals surface area contributed by atoms with Gasteiger partial charge in [0, 0.05) is 44.5 Å². The fraction of sp³-hybridized carbons (Fsp3) is 0.364. The molecule has 1 aromatic carbocycles. The van der Waals surface area contributed by atoms with Gasteiger partial charge in [0.05, 0.1) is 12.3 Å². The lowest BCUT2D eigenvalue weighted by atomic mass is 10.2. The zero-order valence-electron chi connectivity index (χ0n) is 16.7. The van der Waals surface area contributed by atoms with E-state index in [0.29, 0.717) is 6.54 Å². The third kappa shape index (κ3) is 6.09. The van der Waals surface area contributed by atoms with Crippen molar-refractivity contribution in [2.75, 3.05) is 20.2 Å². The van der Waals surface area contributed by atoms with Gasteiger partial charge in [-0.2, -0.15) is 0 Å². The molecule has 154 valence electrons. The molecule has 2 heterocycles. The van der Waals surface area contributed by atoms with Gasteiger partial charge in [-0.15, -0.1) is 24.0 Å². The second-order valence-electron chi connectivity index (χ2n) is 7.16. The van der Waals surface area contributed by atoms with Crippen molar-refractivity contribution in [1.82, 2.24) is 20.0 Å². The molecule has 2 N–H and O–H groups in total. The van der Waals surface area contributed by atoms with Crippen LogP contribution in [0, 0.1) is 5.92 Å². The summed E-state index contributed by atoms with van der Waals surface area (Å²) in [6, 6.07) is 14.2. The first-order valence-corrected chi connectivity index (χ1v) is 9.89. The standard InChI is InChI=1S/C22H27N5O.HI/c1-23-22(24-12-11-19-15-27-13-5-4-8-21(27)26-19)25-14-18-6-2-3-7-20(18)28-16-17-9-10-17;/h2-8,13,15,17H,9-12,14,16H2,1H3,(H2,23,24,25);1H. The Hall–Kier alpha value is -2.29. The molecular weight excluding hydrogens is 477 g/mol. The predicted octanol–water partition coefficient (Wildman–Crippen LogP) is 3.65. The lowest BCUT2D eigenvalue weighted by Gasteiger charge is -2.14. The Morgan fingerprint density at radius 1 is 1.17 bits per heavy atom. The van der Waals surface area contributed by atoms with Crippen molar-refractivity contribution in [2.45, 2.75) is 25.8 Å². The van der Waals surface area contributed by atoms with E-state index in [-0.39, 0.29) is 24.0 Å². The van der Waals surface area contributed by atoms with E-state index in [1.54, 1.807) is 7.05 Å². The quantitative estimate of drug-likeness (QED) is 0.279. The normalized spacial score (nSPS) is 13.8. The molecule has 6 nitrogen and oxygen atoms in total. The number of para-hydroxylation sites is 1. The van der Waals surface area contributed by atoms with Crippen LogP contribution in [0.15, 0.2) is 59.9 Å². The topological polar surface area (TPSA) is 63.0 Å². The molecule has 0 unspecified atom stereocenters. The van der Waals surface area contributed by atoms with E-state index >= 15 is 0 Å². The van der Waals surface area contributed by atoms with Crippen LogP contribution in [0.4, 0.5) is 0 Å². The van der Waals surface area contributed by atoms with Crippen LogP contribution in [0.5, 0.6) is 5.75 Å². The monoisotopic (exact) mass is 505 g/mol. The Balaban J connectivity index is 0.00000240. The molecule has 0 saturated heterocycles. The smallest absolute Gasteiger partial charge is 0.191 e. The van der Waals surface area contributed by atoms with Crippen molar-refractivity contribution in [3.05, 3.63) is 66.1 Å². The van der Waals surface area contributed by atoms with Crippen molar-refractivity contribution in [2.24, 2.45) is 10.9 Å². The van der Waals surface area contributed by atoms with Crippen LogP contribution in [0.2, 0.25) is 0 Å². The maximum Gasteiger partial charge on any atom is 0.191 e. The number of imidazole rings is 1. The molecule has 2 aromatic heterocycles. The second-order valence-corrected chi connectivity index (χ2v) is 7.16. The number of hydrogen-bond donors (Lipinski definition) is 2. The molecule has 0 spiro atoms. The zero-order valence-corrected chi connectivity index (χ0v) is 19.0. The molecule has 1 aliphatic rings. The Morgan fingerprint density at radius 3 is 2.79 bits per heavy atom. The average molecular weight is 505 g/mol. The summed E-state index contributed by atoms with van der Waals surface area (Å²) in [5.74, 6) is 2.48. The molecule has 1 aliphatic carbocycles. The Morgan fingerprint density at radius 2 is 2.00 bits per heavy atom. The van der Waals surface area contributed by atoms with Gasteiger partial charge in [-0.3, -0.25) is 4.99 Å². The summed E-state index contributed by atoms with van der Waals surface area (Å²) in [5.41, 5.74) is 3.18. The van der Waals surface area contributed by atoms with E-state index in [1.807, 2.05) is 47.0 Å². The molecule has 7 heteroatoms. The molecule has 0 amide bonds. The molecule has 0 aliphatic heterocycles. The number of rotatable bonds is 8. The van der Waals surface area contributed by atoms with Gasteiger partial charge in [0.15, 0.2) is 5.96 Å². The van der Waals surface area contributed by atoms with E-state index < -0.39 is 0 Å². The van der Waals surface area contributed by atoms with E-state index in [2.05, 4.69) is 32.9 Å². The molecule has 4 rings (SSSR count). The van der Waals surface area contributed by atoms with Gasteiger partial charge in [-0.25, -0.2) is 4.98 Å². The summed E-state index contributed by atoms with van der Waals surface area (Å²) < 4.78 is 8.03. The first kappa shape index (κ1) is 21.4. The van der Waals surface area contributed by atoms with Crippen LogP contribution in [-0.2, 0) is 13.0 Å². The minimum atomic E-state index is 0. The van der Waals surface area contributed by atoms with Crippen LogP contribution in [0.3, 0.4) is 0 Å². The highest BCUT2D eigenvalue weighted by Crippen LogP contribution is 2.30. The van der Waals surface area contributed by atoms with Crippen LogP contribution >= 0.6 is 24.0 Å². The minimum absolute atomic E-state index is 0. The number of fused-ring (bicyclic) bond motifs is 1. The van der Waals surface area contributed by atoms with E-state index in [0.717, 1.165) is 54.1 Å². The molecule has 1 saturated carbocycles. The van der Waals surface area contributed by atoms with Crippen molar-refractivity contribution >= 4 is 35.6 Å². The number of benzene rings is 1. The van der Waals surface area contributed by atoms with Crippen molar-refractivity contribution in [3.8, 4) is 5.75 Å². The van der Waals surface area contributed by atoms with Crippen LogP contribution in [-0.4, -0.2) is 35.5 Å². The fourth-order valence-electron chi connectivity index (χ4n) is 3.10. The summed E-state index contributed by atoms with van der Waals surface area (Å²) in [7, 11) is 1.79. The van der Waals surface area contributed by atoms with Gasteiger partial charge in [0.2, 0.25) is 0 Å². The number of hydrogen-bond acceptors (Lipinski definition) is 3. The van der Waals surface area contributed by atoms with Crippen molar-refractivity contribution in [1.29, 1.82) is 0 Å². The summed E-state index contributed by atoms with van der Waals surface area (Å²) in [4.78, 5) is 8.95. The van der Waals surface area contributed by atoms with E-state index in [4.69, 9.17) is 4.74 Å². The first-order chi connectivity index (χ1) is 13.8. The first-order valence-electron chi connectivity index (χ1n) is 9.89. The van der Waals surface area contributed by atoms with Crippen molar-refractivity contribution in [3.63, 3.8) is 0 Å². The number of aromatic nitrogens is 2. The third-order valence-electron chi connectivity index (χ3n) is 4.90. The van der Waals surface area contributed by atoms with Gasteiger partial charge in [0.25, 0.3) is 0 Å². The van der Waals surface area contributed by atoms with Crippen molar-refractivity contribution < 1.29 is 4.74 Å². The number of guanidine groups is 1. The van der Waals surface area contributed by atoms with Crippen LogP contribution in [0.25, 0.3) is 5.65 Å². The molecule has 0 radical (unpaired) electrons. The Bertz CT molecular complexity index is 918. The maximum absolute atomic E-state index is 5.98. The maximum atomic E-state index is 5.98. The summed E-state index contributed by atoms with van der Waals surface area (Å²) in [5, 5.41) is 6.74. The highest BCUT2D eigenvalue weighted by molar-refractivity contribution is 14.0. The fourth-order valence-corrected chi connectivity index (χ4v) is 3.10. The van der Waals surface area contributed by atoms with Crippen LogP contribution in [0.1, 0.15) is 24.1 Å². The molecular formula is C22H28IN5O. The number of pyridine rings is 1. The lowest BCUT2D eigenvalue weighted by Crippen LogP contribution is -2.38. The number of nitrogens with one attached hydrogen (secondary N) is 2. The number of aliphatic imine (C=N–C) groups is 1. The minimum Gasteiger partial charge on any atom is -0.493 e. The summed E-state index contributed by atoms with van der Waals surface area (Å²) in [6.45, 7) is 2.27. The molecule has 3 aromatic rings. The molecule has 0 bridgehead atoms. The number of halogens is 1. The third-order valence-corrected chi connectivity index (χ3v) is 4.90. The van der Waals surface area contributed by atoms with Gasteiger partial charge in [-0.1, -0.05) is 24.3 Å². The van der Waals surface area contributed by atoms with Gasteiger partial charge in [-0.05, 0) is 37.0 Å². The highest BCUT2D eigenvalue weighted by atomic mass is 127. The molecule has 29 heavy (non-hydrogen) atoms. The lowest BCUT2D eigenvalue weighted by molar-refractivity contribution is 0.296. The molecule has 0 atom stereocenters. The highest BCUT2D eigenvalue weighted by Gasteiger charge is 2.22. The average Bonchev–Trinajstić information content (AvgIpc) is 3.47.